The van der Waals surface area contributed by atoms with Crippen LogP contribution in [0, 0.1) is 0 Å². The van der Waals surface area contributed by atoms with Crippen LogP contribution in [-0.2, 0) is 6.42 Å². The molecule has 2 nitrogen and oxygen atoms in total. The van der Waals surface area contributed by atoms with Crippen LogP contribution in [0.15, 0.2) is 114 Å². The van der Waals surface area contributed by atoms with Gasteiger partial charge in [0.25, 0.3) is 0 Å². The smallest absolute Gasteiger partial charge is 0.138 e. The zero-order valence-corrected chi connectivity index (χ0v) is 17.7. The fourth-order valence-corrected chi connectivity index (χ4v) is 4.54. The number of benzene rings is 4. The highest BCUT2D eigenvalue weighted by atomic mass is 16.3. The van der Waals surface area contributed by atoms with Crippen LogP contribution in [-0.4, -0.2) is 0 Å². The van der Waals surface area contributed by atoms with Crippen molar-refractivity contribution in [3.05, 3.63) is 126 Å². The van der Waals surface area contributed by atoms with Crippen molar-refractivity contribution in [1.29, 1.82) is 0 Å². The van der Waals surface area contributed by atoms with Crippen LogP contribution in [0.25, 0.3) is 27.7 Å². The van der Waals surface area contributed by atoms with Gasteiger partial charge >= 0.3 is 0 Å². The van der Waals surface area contributed by atoms with Gasteiger partial charge in [0.1, 0.15) is 11.3 Å². The SMILES string of the molecule is C1=C(c2ccc(Nc3ccc(-c4ccccc4)cc3)cc2)c2oc3ccccc3c2CC1. The highest BCUT2D eigenvalue weighted by Crippen LogP contribution is 2.38. The maximum absolute atomic E-state index is 6.25. The van der Waals surface area contributed by atoms with E-state index in [0.29, 0.717) is 0 Å². The van der Waals surface area contributed by atoms with Crippen molar-refractivity contribution in [2.24, 2.45) is 0 Å². The highest BCUT2D eigenvalue weighted by molar-refractivity contribution is 5.91. The average molecular weight is 414 g/mol. The first kappa shape index (κ1) is 18.7. The average Bonchev–Trinajstić information content (AvgIpc) is 3.25. The third-order valence-corrected chi connectivity index (χ3v) is 6.16. The Morgan fingerprint density at radius 3 is 1.97 bits per heavy atom. The van der Waals surface area contributed by atoms with Gasteiger partial charge in [0.15, 0.2) is 0 Å². The molecule has 0 aliphatic heterocycles. The van der Waals surface area contributed by atoms with Crippen LogP contribution in [0.1, 0.15) is 23.3 Å². The number of furan rings is 1. The zero-order chi connectivity index (χ0) is 21.3. The van der Waals surface area contributed by atoms with E-state index in [2.05, 4.69) is 102 Å². The molecule has 32 heavy (non-hydrogen) atoms. The third-order valence-electron chi connectivity index (χ3n) is 6.16. The topological polar surface area (TPSA) is 25.2 Å². The van der Waals surface area contributed by atoms with Crippen LogP contribution in [0.4, 0.5) is 11.4 Å². The maximum atomic E-state index is 6.25. The normalized spacial score (nSPS) is 12.9. The lowest BCUT2D eigenvalue weighted by molar-refractivity contribution is 0.591. The lowest BCUT2D eigenvalue weighted by Gasteiger charge is -2.14. The quantitative estimate of drug-likeness (QED) is 0.321. The molecule has 0 saturated heterocycles. The molecule has 1 N–H and O–H groups in total. The van der Waals surface area contributed by atoms with Crippen molar-refractivity contribution < 1.29 is 4.42 Å². The fourth-order valence-electron chi connectivity index (χ4n) is 4.54. The molecule has 0 unspecified atom stereocenters. The minimum atomic E-state index is 0.975. The summed E-state index contributed by atoms with van der Waals surface area (Å²) in [5.41, 5.74) is 9.29. The Balaban J connectivity index is 1.23. The Bertz CT molecular complexity index is 1410. The molecule has 0 saturated carbocycles. The summed E-state index contributed by atoms with van der Waals surface area (Å²) in [6, 6.07) is 36.0. The Kier molecular flexibility index (Phi) is 4.62. The van der Waals surface area contributed by atoms with Gasteiger partial charge in [0.2, 0.25) is 0 Å². The molecule has 0 bridgehead atoms. The summed E-state index contributed by atoms with van der Waals surface area (Å²) in [7, 11) is 0. The lowest BCUT2D eigenvalue weighted by Crippen LogP contribution is -1.98. The van der Waals surface area contributed by atoms with E-state index >= 15 is 0 Å². The molecule has 1 heterocycles. The molecule has 4 aromatic carbocycles. The second kappa shape index (κ2) is 7.90. The van der Waals surface area contributed by atoms with Crippen LogP contribution in [0.3, 0.4) is 0 Å². The largest absolute Gasteiger partial charge is 0.456 e. The number of para-hydroxylation sites is 1. The summed E-state index contributed by atoms with van der Waals surface area (Å²) >= 11 is 0. The molecule has 0 radical (unpaired) electrons. The van der Waals surface area contributed by atoms with Crippen LogP contribution < -0.4 is 5.32 Å². The van der Waals surface area contributed by atoms with E-state index in [1.807, 2.05) is 12.1 Å². The molecule has 0 fully saturated rings. The van der Waals surface area contributed by atoms with E-state index in [0.717, 1.165) is 35.6 Å². The zero-order valence-electron chi connectivity index (χ0n) is 17.7. The number of hydrogen-bond acceptors (Lipinski definition) is 2. The molecule has 1 aliphatic carbocycles. The van der Waals surface area contributed by atoms with Crippen molar-refractivity contribution in [2.45, 2.75) is 12.8 Å². The number of anilines is 2. The second-order valence-corrected chi connectivity index (χ2v) is 8.21. The van der Waals surface area contributed by atoms with Crippen molar-refractivity contribution in [2.75, 3.05) is 5.32 Å². The molecule has 0 amide bonds. The first-order valence-corrected chi connectivity index (χ1v) is 11.1. The first-order chi connectivity index (χ1) is 15.8. The van der Waals surface area contributed by atoms with Crippen LogP contribution in [0.5, 0.6) is 0 Å². The number of rotatable bonds is 4. The molecular weight excluding hydrogens is 390 g/mol. The molecule has 0 spiro atoms. The molecule has 0 atom stereocenters. The van der Waals surface area contributed by atoms with Gasteiger partial charge in [-0.1, -0.05) is 78.9 Å². The van der Waals surface area contributed by atoms with Gasteiger partial charge in [-0.2, -0.15) is 0 Å². The molecule has 5 aromatic rings. The monoisotopic (exact) mass is 413 g/mol. The molecule has 2 heteroatoms. The van der Waals surface area contributed by atoms with Gasteiger partial charge in [-0.15, -0.1) is 0 Å². The van der Waals surface area contributed by atoms with Gasteiger partial charge in [0.05, 0.1) is 0 Å². The van der Waals surface area contributed by atoms with E-state index < -0.39 is 0 Å². The molecule has 1 aromatic heterocycles. The number of nitrogens with one attached hydrogen (secondary N) is 1. The molecule has 6 rings (SSSR count). The van der Waals surface area contributed by atoms with Crippen molar-refractivity contribution in [1.82, 2.24) is 0 Å². The Morgan fingerprint density at radius 2 is 1.22 bits per heavy atom. The molecule has 154 valence electrons. The van der Waals surface area contributed by atoms with E-state index in [4.69, 9.17) is 4.42 Å². The number of hydrogen-bond donors (Lipinski definition) is 1. The summed E-state index contributed by atoms with van der Waals surface area (Å²) in [6.07, 6.45) is 4.38. The molecule has 1 aliphatic rings. The van der Waals surface area contributed by atoms with Gasteiger partial charge < -0.3 is 9.73 Å². The Labute approximate surface area is 187 Å². The first-order valence-electron chi connectivity index (χ1n) is 11.1. The summed E-state index contributed by atoms with van der Waals surface area (Å²) < 4.78 is 6.25. The van der Waals surface area contributed by atoms with Gasteiger partial charge in [-0.05, 0) is 59.9 Å². The summed E-state index contributed by atoms with van der Waals surface area (Å²) in [4.78, 5) is 0. The predicted octanol–water partition coefficient (Wildman–Crippen LogP) is 8.22. The van der Waals surface area contributed by atoms with Gasteiger partial charge in [0, 0.05) is 27.9 Å². The number of allylic oxidation sites excluding steroid dienone is 1. The second-order valence-electron chi connectivity index (χ2n) is 8.21. The summed E-state index contributed by atoms with van der Waals surface area (Å²) in [6.45, 7) is 0. The van der Waals surface area contributed by atoms with Crippen molar-refractivity contribution in [3.8, 4) is 11.1 Å². The van der Waals surface area contributed by atoms with Gasteiger partial charge in [-0.25, -0.2) is 0 Å². The van der Waals surface area contributed by atoms with Crippen molar-refractivity contribution >= 4 is 27.9 Å². The number of aryl methyl sites for hydroxylation is 1. The standard InChI is InChI=1S/C30H23NO/c1-2-7-21(8-3-1)22-13-17-24(18-14-22)31-25-19-15-23(16-20-25)26-10-6-11-28-27-9-4-5-12-29(27)32-30(26)28/h1-5,7-10,12-20,31H,6,11H2. The lowest BCUT2D eigenvalue weighted by atomic mass is 9.91. The maximum Gasteiger partial charge on any atom is 0.138 e. The third kappa shape index (κ3) is 3.40. The summed E-state index contributed by atoms with van der Waals surface area (Å²) in [5.74, 6) is 1.02. The molecular formula is C30H23NO. The van der Waals surface area contributed by atoms with E-state index in [-0.39, 0.29) is 0 Å². The van der Waals surface area contributed by atoms with Crippen molar-refractivity contribution in [3.63, 3.8) is 0 Å². The van der Waals surface area contributed by atoms with E-state index in [1.165, 1.54) is 33.2 Å². The van der Waals surface area contributed by atoms with E-state index in [1.54, 1.807) is 0 Å². The van der Waals surface area contributed by atoms with E-state index in [9.17, 15) is 0 Å². The Hall–Kier alpha value is -4.04. The highest BCUT2D eigenvalue weighted by Gasteiger charge is 2.21. The van der Waals surface area contributed by atoms with Crippen LogP contribution >= 0.6 is 0 Å². The fraction of sp³-hybridized carbons (Fsp3) is 0.0667. The summed E-state index contributed by atoms with van der Waals surface area (Å²) in [5, 5.41) is 4.75. The minimum Gasteiger partial charge on any atom is -0.456 e. The Morgan fingerprint density at radius 1 is 0.594 bits per heavy atom. The van der Waals surface area contributed by atoms with Gasteiger partial charge in [-0.3, -0.25) is 0 Å². The number of fused-ring (bicyclic) bond motifs is 3. The van der Waals surface area contributed by atoms with Crippen LogP contribution in [0.2, 0.25) is 0 Å². The predicted molar refractivity (Wildman–Crippen MR) is 133 cm³/mol. The minimum absolute atomic E-state index is 0.975.